The summed E-state index contributed by atoms with van der Waals surface area (Å²) in [5, 5.41) is 3.63. The highest BCUT2D eigenvalue weighted by atomic mass is 14.9. The van der Waals surface area contributed by atoms with Gasteiger partial charge < -0.3 is 11.1 Å². The highest BCUT2D eigenvalue weighted by molar-refractivity contribution is 4.73. The van der Waals surface area contributed by atoms with Gasteiger partial charge in [-0.05, 0) is 45.1 Å². The molecule has 1 rings (SSSR count). The maximum Gasteiger partial charge on any atom is 0.00671 e. The molecule has 0 spiro atoms. The second-order valence-electron chi connectivity index (χ2n) is 5.03. The van der Waals surface area contributed by atoms with Crippen molar-refractivity contribution in [2.24, 2.45) is 11.7 Å². The normalized spacial score (nSPS) is 31.1. The predicted molar refractivity (Wildman–Crippen MR) is 62.3 cm³/mol. The average Bonchev–Trinajstić information content (AvgIpc) is 2.30. The number of rotatable bonds is 4. The molecular weight excluding hydrogens is 172 g/mol. The molecule has 0 heterocycles. The minimum absolute atomic E-state index is 0.340. The van der Waals surface area contributed by atoms with Crippen molar-refractivity contribution in [2.75, 3.05) is 6.54 Å². The molecule has 14 heavy (non-hydrogen) atoms. The summed E-state index contributed by atoms with van der Waals surface area (Å²) < 4.78 is 0. The third-order valence-electron chi connectivity index (χ3n) is 3.29. The minimum Gasteiger partial charge on any atom is -0.328 e. The zero-order chi connectivity index (χ0) is 10.4. The van der Waals surface area contributed by atoms with E-state index in [9.17, 15) is 0 Å². The van der Waals surface area contributed by atoms with Crippen LogP contribution >= 0.6 is 0 Å². The van der Waals surface area contributed by atoms with Gasteiger partial charge in [0.1, 0.15) is 0 Å². The topological polar surface area (TPSA) is 38.0 Å². The Morgan fingerprint density at radius 3 is 2.79 bits per heavy atom. The van der Waals surface area contributed by atoms with Crippen LogP contribution in [0.2, 0.25) is 0 Å². The second-order valence-corrected chi connectivity index (χ2v) is 5.03. The Morgan fingerprint density at radius 1 is 1.29 bits per heavy atom. The lowest BCUT2D eigenvalue weighted by atomic mass is 10.0. The Balaban J connectivity index is 2.11. The SMILES string of the molecule is CC(N)CCNC1CCCC(C)CC1. The van der Waals surface area contributed by atoms with E-state index in [0.717, 1.165) is 24.9 Å². The van der Waals surface area contributed by atoms with Gasteiger partial charge in [-0.25, -0.2) is 0 Å². The summed E-state index contributed by atoms with van der Waals surface area (Å²) in [6, 6.07) is 1.10. The van der Waals surface area contributed by atoms with Crippen LogP contribution < -0.4 is 11.1 Å². The third kappa shape index (κ3) is 4.97. The largest absolute Gasteiger partial charge is 0.328 e. The summed E-state index contributed by atoms with van der Waals surface area (Å²) in [4.78, 5) is 0. The molecule has 1 saturated carbocycles. The van der Waals surface area contributed by atoms with E-state index in [2.05, 4.69) is 19.2 Å². The molecule has 0 aromatic rings. The van der Waals surface area contributed by atoms with Crippen LogP contribution in [-0.2, 0) is 0 Å². The van der Waals surface area contributed by atoms with Crippen molar-refractivity contribution < 1.29 is 0 Å². The van der Waals surface area contributed by atoms with Crippen molar-refractivity contribution in [2.45, 2.75) is 64.5 Å². The highest BCUT2D eigenvalue weighted by Gasteiger charge is 2.15. The minimum atomic E-state index is 0.340. The zero-order valence-electron chi connectivity index (χ0n) is 9.76. The van der Waals surface area contributed by atoms with Crippen LogP contribution in [0.3, 0.4) is 0 Å². The van der Waals surface area contributed by atoms with Crippen LogP contribution in [0, 0.1) is 5.92 Å². The first-order valence-corrected chi connectivity index (χ1v) is 6.17. The molecule has 1 aliphatic rings. The van der Waals surface area contributed by atoms with Crippen LogP contribution in [0.25, 0.3) is 0 Å². The Kier molecular flexibility index (Phi) is 5.49. The lowest BCUT2D eigenvalue weighted by Crippen LogP contribution is -2.32. The van der Waals surface area contributed by atoms with Crippen LogP contribution in [0.4, 0.5) is 0 Å². The van der Waals surface area contributed by atoms with Gasteiger partial charge >= 0.3 is 0 Å². The van der Waals surface area contributed by atoms with E-state index in [1.807, 2.05) is 0 Å². The Morgan fingerprint density at radius 2 is 2.07 bits per heavy atom. The van der Waals surface area contributed by atoms with Crippen LogP contribution in [0.1, 0.15) is 52.4 Å². The molecule has 1 aliphatic carbocycles. The quantitative estimate of drug-likeness (QED) is 0.680. The van der Waals surface area contributed by atoms with Crippen molar-refractivity contribution in [3.63, 3.8) is 0 Å². The maximum absolute atomic E-state index is 5.72. The lowest BCUT2D eigenvalue weighted by Gasteiger charge is -2.17. The van der Waals surface area contributed by atoms with E-state index in [1.165, 1.54) is 32.1 Å². The highest BCUT2D eigenvalue weighted by Crippen LogP contribution is 2.22. The van der Waals surface area contributed by atoms with E-state index in [-0.39, 0.29) is 0 Å². The van der Waals surface area contributed by atoms with E-state index in [1.54, 1.807) is 0 Å². The molecule has 3 unspecified atom stereocenters. The first-order chi connectivity index (χ1) is 6.68. The molecular formula is C12H26N2. The molecule has 0 saturated heterocycles. The molecule has 0 bridgehead atoms. The van der Waals surface area contributed by atoms with E-state index in [0.29, 0.717) is 6.04 Å². The van der Waals surface area contributed by atoms with Gasteiger partial charge in [0.05, 0.1) is 0 Å². The average molecular weight is 198 g/mol. The van der Waals surface area contributed by atoms with Gasteiger partial charge in [-0.1, -0.05) is 19.8 Å². The number of hydrogen-bond acceptors (Lipinski definition) is 2. The molecule has 0 aliphatic heterocycles. The van der Waals surface area contributed by atoms with Gasteiger partial charge in [-0.2, -0.15) is 0 Å². The molecule has 2 nitrogen and oxygen atoms in total. The second kappa shape index (κ2) is 6.41. The summed E-state index contributed by atoms with van der Waals surface area (Å²) >= 11 is 0. The molecule has 0 amide bonds. The molecule has 0 radical (unpaired) electrons. The van der Waals surface area contributed by atoms with Gasteiger partial charge in [0.25, 0.3) is 0 Å². The Bertz CT molecular complexity index is 145. The molecule has 3 N–H and O–H groups in total. The van der Waals surface area contributed by atoms with Crippen molar-refractivity contribution in [3.05, 3.63) is 0 Å². The predicted octanol–water partition coefficient (Wildman–Crippen LogP) is 2.28. The first-order valence-electron chi connectivity index (χ1n) is 6.17. The summed E-state index contributed by atoms with van der Waals surface area (Å²) in [7, 11) is 0. The fraction of sp³-hybridized carbons (Fsp3) is 1.00. The first kappa shape index (κ1) is 12.0. The van der Waals surface area contributed by atoms with Crippen molar-refractivity contribution in [3.8, 4) is 0 Å². The molecule has 84 valence electrons. The van der Waals surface area contributed by atoms with Gasteiger partial charge in [-0.15, -0.1) is 0 Å². The molecule has 2 heteroatoms. The standard InChI is InChI=1S/C12H26N2/c1-10-4-3-5-12(7-6-10)14-9-8-11(2)13/h10-12,14H,3-9,13H2,1-2H3. The smallest absolute Gasteiger partial charge is 0.00671 e. The Labute approximate surface area is 88.6 Å². The van der Waals surface area contributed by atoms with Gasteiger partial charge in [0, 0.05) is 12.1 Å². The van der Waals surface area contributed by atoms with Crippen molar-refractivity contribution in [1.29, 1.82) is 0 Å². The summed E-state index contributed by atoms with van der Waals surface area (Å²) in [5.41, 5.74) is 5.72. The van der Waals surface area contributed by atoms with Gasteiger partial charge in [-0.3, -0.25) is 0 Å². The van der Waals surface area contributed by atoms with Crippen LogP contribution in [0.5, 0.6) is 0 Å². The summed E-state index contributed by atoms with van der Waals surface area (Å²) in [6.07, 6.45) is 8.05. The van der Waals surface area contributed by atoms with Crippen LogP contribution in [-0.4, -0.2) is 18.6 Å². The molecule has 0 aromatic heterocycles. The van der Waals surface area contributed by atoms with Crippen molar-refractivity contribution >= 4 is 0 Å². The number of nitrogens with one attached hydrogen (secondary N) is 1. The lowest BCUT2D eigenvalue weighted by molar-refractivity contribution is 0.437. The Hall–Kier alpha value is -0.0800. The number of hydrogen-bond donors (Lipinski definition) is 2. The van der Waals surface area contributed by atoms with Gasteiger partial charge in [0.15, 0.2) is 0 Å². The van der Waals surface area contributed by atoms with Crippen LogP contribution in [0.15, 0.2) is 0 Å². The van der Waals surface area contributed by atoms with Crippen molar-refractivity contribution in [1.82, 2.24) is 5.32 Å². The molecule has 3 atom stereocenters. The maximum atomic E-state index is 5.72. The monoisotopic (exact) mass is 198 g/mol. The number of nitrogens with two attached hydrogens (primary N) is 1. The van der Waals surface area contributed by atoms with E-state index < -0.39 is 0 Å². The summed E-state index contributed by atoms with van der Waals surface area (Å²) in [5.74, 6) is 0.940. The van der Waals surface area contributed by atoms with E-state index >= 15 is 0 Å². The zero-order valence-corrected chi connectivity index (χ0v) is 9.76. The van der Waals surface area contributed by atoms with E-state index in [4.69, 9.17) is 5.73 Å². The fourth-order valence-electron chi connectivity index (χ4n) is 2.21. The molecule has 1 fully saturated rings. The van der Waals surface area contributed by atoms with Gasteiger partial charge in [0.2, 0.25) is 0 Å². The third-order valence-corrected chi connectivity index (χ3v) is 3.29. The summed E-state index contributed by atoms with van der Waals surface area (Å²) in [6.45, 7) is 5.55. The fourth-order valence-corrected chi connectivity index (χ4v) is 2.21. The molecule has 0 aromatic carbocycles.